The van der Waals surface area contributed by atoms with Crippen LogP contribution >= 0.6 is 34.8 Å². The van der Waals surface area contributed by atoms with Crippen LogP contribution in [0.4, 0.5) is 0 Å². The third-order valence-electron chi connectivity index (χ3n) is 3.95. The highest BCUT2D eigenvalue weighted by Crippen LogP contribution is 2.41. The molecule has 0 saturated carbocycles. The molecule has 1 aliphatic heterocycles. The van der Waals surface area contributed by atoms with Crippen molar-refractivity contribution in [2.45, 2.75) is 5.54 Å². The van der Waals surface area contributed by atoms with E-state index >= 15 is 0 Å². The van der Waals surface area contributed by atoms with Crippen LogP contribution in [0.1, 0.15) is 5.56 Å². The van der Waals surface area contributed by atoms with Crippen LogP contribution in [-0.2, 0) is 15.1 Å². The number of hydrogen-bond donors (Lipinski definition) is 2. The van der Waals surface area contributed by atoms with Gasteiger partial charge in [0.05, 0.1) is 10.4 Å². The number of fused-ring (bicyclic) bond motifs is 1. The van der Waals surface area contributed by atoms with Crippen LogP contribution in [0.2, 0.25) is 15.1 Å². The first-order valence-corrected chi connectivity index (χ1v) is 8.40. The Morgan fingerprint density at radius 1 is 1.04 bits per heavy atom. The smallest absolute Gasteiger partial charge is 0.341 e. The van der Waals surface area contributed by atoms with Gasteiger partial charge in [-0.3, -0.25) is 4.99 Å². The molecular weight excluding hydrogens is 401 g/mol. The molecule has 8 heteroatoms. The summed E-state index contributed by atoms with van der Waals surface area (Å²) in [6, 6.07) is 9.25. The molecular formula is C18H10Cl3NO4. The van der Waals surface area contributed by atoms with E-state index in [1.54, 1.807) is 12.1 Å². The second-order valence-electron chi connectivity index (χ2n) is 5.47. The van der Waals surface area contributed by atoms with Crippen molar-refractivity contribution in [1.29, 1.82) is 0 Å². The van der Waals surface area contributed by atoms with Crippen molar-refractivity contribution in [2.24, 2.45) is 4.99 Å². The van der Waals surface area contributed by atoms with E-state index in [9.17, 15) is 14.7 Å². The quantitative estimate of drug-likeness (QED) is 0.759. The third-order valence-corrected chi connectivity index (χ3v) is 4.79. The van der Waals surface area contributed by atoms with Gasteiger partial charge < -0.3 is 10.2 Å². The molecule has 0 spiro atoms. The van der Waals surface area contributed by atoms with Crippen LogP contribution in [0.15, 0.2) is 53.5 Å². The van der Waals surface area contributed by atoms with Crippen molar-refractivity contribution in [3.8, 4) is 0 Å². The number of nitrogens with zero attached hydrogens (tertiary/aromatic N) is 1. The molecule has 1 atom stereocenters. The van der Waals surface area contributed by atoms with Crippen LogP contribution in [0.5, 0.6) is 0 Å². The predicted molar refractivity (Wildman–Crippen MR) is 98.2 cm³/mol. The molecule has 3 rings (SSSR count). The lowest BCUT2D eigenvalue weighted by Crippen LogP contribution is -2.35. The van der Waals surface area contributed by atoms with E-state index in [2.05, 4.69) is 4.99 Å². The summed E-state index contributed by atoms with van der Waals surface area (Å²) in [5.74, 6) is -2.56. The van der Waals surface area contributed by atoms with Crippen molar-refractivity contribution >= 4 is 52.3 Å². The number of carboxylic acids is 2. The first-order valence-electron chi connectivity index (χ1n) is 7.26. The zero-order valence-corrected chi connectivity index (χ0v) is 15.2. The summed E-state index contributed by atoms with van der Waals surface area (Å²) >= 11 is 18.5. The van der Waals surface area contributed by atoms with Gasteiger partial charge in [0, 0.05) is 32.5 Å². The molecule has 2 aromatic rings. The molecule has 26 heavy (non-hydrogen) atoms. The SMILES string of the molecule is O=C(O)/C=C\C1=c2c(Cl)cc(Cl)cc2=NC1(C(=O)O)c1ccccc1Cl. The molecule has 132 valence electrons. The number of aliphatic carboxylic acids is 2. The van der Waals surface area contributed by atoms with Gasteiger partial charge >= 0.3 is 11.9 Å². The summed E-state index contributed by atoms with van der Waals surface area (Å²) in [5.41, 5.74) is -1.65. The van der Waals surface area contributed by atoms with Gasteiger partial charge in [-0.2, -0.15) is 0 Å². The van der Waals surface area contributed by atoms with E-state index in [4.69, 9.17) is 39.9 Å². The number of hydrogen-bond acceptors (Lipinski definition) is 3. The van der Waals surface area contributed by atoms with E-state index in [0.29, 0.717) is 5.22 Å². The lowest BCUT2D eigenvalue weighted by atomic mass is 9.83. The van der Waals surface area contributed by atoms with Gasteiger partial charge in [-0.05, 0) is 24.3 Å². The Hall–Kier alpha value is -2.34. The summed E-state index contributed by atoms with van der Waals surface area (Å²) < 4.78 is 0. The Balaban J connectivity index is 2.51. The fourth-order valence-electron chi connectivity index (χ4n) is 2.93. The van der Waals surface area contributed by atoms with Crippen molar-refractivity contribution < 1.29 is 19.8 Å². The van der Waals surface area contributed by atoms with Crippen LogP contribution in [0.25, 0.3) is 5.57 Å². The summed E-state index contributed by atoms with van der Waals surface area (Å²) in [4.78, 5) is 27.8. The van der Waals surface area contributed by atoms with Gasteiger partial charge in [0.25, 0.3) is 0 Å². The lowest BCUT2D eigenvalue weighted by Gasteiger charge is -2.25. The van der Waals surface area contributed by atoms with E-state index in [1.807, 2.05) is 0 Å². The molecule has 0 radical (unpaired) electrons. The molecule has 0 saturated heterocycles. The maximum absolute atomic E-state index is 12.4. The summed E-state index contributed by atoms with van der Waals surface area (Å²) in [7, 11) is 0. The Morgan fingerprint density at radius 2 is 1.73 bits per heavy atom. The molecule has 0 amide bonds. The van der Waals surface area contributed by atoms with E-state index in [0.717, 1.165) is 6.08 Å². The Labute approximate surface area is 162 Å². The van der Waals surface area contributed by atoms with Crippen LogP contribution < -0.4 is 10.6 Å². The molecule has 0 aromatic heterocycles. The minimum absolute atomic E-state index is 0.0946. The van der Waals surface area contributed by atoms with Gasteiger partial charge in [-0.25, -0.2) is 9.59 Å². The molecule has 5 nitrogen and oxygen atoms in total. The zero-order chi connectivity index (χ0) is 19.1. The maximum atomic E-state index is 12.4. The van der Waals surface area contributed by atoms with E-state index < -0.39 is 17.5 Å². The van der Waals surface area contributed by atoms with Gasteiger partial charge in [-0.15, -0.1) is 0 Å². The predicted octanol–water partition coefficient (Wildman–Crippen LogP) is 3.05. The first-order chi connectivity index (χ1) is 12.3. The standard InChI is InChI=1S/C18H10Cl3NO4/c19-9-7-13(21)16-11(5-6-15(23)24)18(17(25)26,22-14(16)8-9)10-3-1-2-4-12(10)20/h1-8H,(H,23,24)(H,25,26)/b6-5-. The van der Waals surface area contributed by atoms with E-state index in [1.165, 1.54) is 30.3 Å². The van der Waals surface area contributed by atoms with Gasteiger partial charge in [0.2, 0.25) is 5.54 Å². The Kier molecular flexibility index (Phi) is 4.80. The number of carboxylic acid groups (broad SMARTS) is 2. The van der Waals surface area contributed by atoms with Crippen molar-refractivity contribution in [3.05, 3.63) is 79.8 Å². The minimum Gasteiger partial charge on any atom is -0.479 e. The highest BCUT2D eigenvalue weighted by Gasteiger charge is 2.47. The topological polar surface area (TPSA) is 87.0 Å². The second kappa shape index (κ2) is 6.76. The van der Waals surface area contributed by atoms with Crippen molar-refractivity contribution in [1.82, 2.24) is 0 Å². The van der Waals surface area contributed by atoms with Crippen molar-refractivity contribution in [3.63, 3.8) is 0 Å². The lowest BCUT2D eigenvalue weighted by molar-refractivity contribution is -0.141. The molecule has 0 aliphatic carbocycles. The number of rotatable bonds is 4. The molecule has 1 heterocycles. The van der Waals surface area contributed by atoms with Gasteiger partial charge in [0.15, 0.2) is 0 Å². The average Bonchev–Trinajstić information content (AvgIpc) is 2.88. The maximum Gasteiger partial charge on any atom is 0.341 e. The van der Waals surface area contributed by atoms with Crippen LogP contribution in [-0.4, -0.2) is 22.2 Å². The number of halogens is 3. The highest BCUT2D eigenvalue weighted by molar-refractivity contribution is 6.35. The molecule has 1 unspecified atom stereocenters. The third kappa shape index (κ3) is 2.88. The average molecular weight is 411 g/mol. The molecule has 0 bridgehead atoms. The van der Waals surface area contributed by atoms with Gasteiger partial charge in [0.1, 0.15) is 0 Å². The zero-order valence-electron chi connectivity index (χ0n) is 12.9. The van der Waals surface area contributed by atoms with Gasteiger partial charge in [-0.1, -0.05) is 53.0 Å². The first kappa shape index (κ1) is 18.5. The molecule has 0 fully saturated rings. The number of carbonyl (C=O) groups is 2. The Bertz CT molecular complexity index is 1090. The molecule has 2 N–H and O–H groups in total. The number of benzene rings is 2. The Morgan fingerprint density at radius 3 is 2.35 bits per heavy atom. The summed E-state index contributed by atoms with van der Waals surface area (Å²) in [6.07, 6.45) is 2.01. The summed E-state index contributed by atoms with van der Waals surface area (Å²) in [5, 5.41) is 20.3. The van der Waals surface area contributed by atoms with E-state index in [-0.39, 0.29) is 31.6 Å². The molecule has 2 aromatic carbocycles. The van der Waals surface area contributed by atoms with Crippen LogP contribution in [0, 0.1) is 0 Å². The molecule has 1 aliphatic rings. The summed E-state index contributed by atoms with van der Waals surface area (Å²) in [6.45, 7) is 0. The monoisotopic (exact) mass is 409 g/mol. The normalized spacial score (nSPS) is 18.7. The fourth-order valence-corrected chi connectivity index (χ4v) is 3.79. The second-order valence-corrected chi connectivity index (χ2v) is 6.73. The van der Waals surface area contributed by atoms with Crippen LogP contribution in [0.3, 0.4) is 0 Å². The largest absolute Gasteiger partial charge is 0.479 e. The fraction of sp³-hybridized carbons (Fsp3) is 0.0556. The minimum atomic E-state index is -1.94. The van der Waals surface area contributed by atoms with Crippen molar-refractivity contribution in [2.75, 3.05) is 0 Å². The highest BCUT2D eigenvalue weighted by atomic mass is 35.5.